The molecule has 0 amide bonds. The number of allylic oxidation sites excluding steroid dienone is 1. The molecule has 0 atom stereocenters. The molecule has 0 aliphatic rings. The lowest BCUT2D eigenvalue weighted by molar-refractivity contribution is 0.633. The van der Waals surface area contributed by atoms with Crippen LogP contribution in [0.4, 0.5) is 0 Å². The van der Waals surface area contributed by atoms with Crippen LogP contribution in [0.15, 0.2) is 27.8 Å². The fraction of sp³-hybridized carbons (Fsp3) is 0.412. The van der Waals surface area contributed by atoms with E-state index in [1.54, 1.807) is 23.2 Å². The molecule has 3 aromatic rings. The molecule has 0 spiro atoms. The summed E-state index contributed by atoms with van der Waals surface area (Å²) >= 11 is 0. The van der Waals surface area contributed by atoms with Crippen molar-refractivity contribution in [2.75, 3.05) is 0 Å². The van der Waals surface area contributed by atoms with Crippen molar-refractivity contribution in [2.24, 2.45) is 7.05 Å². The van der Waals surface area contributed by atoms with Gasteiger partial charge in [-0.05, 0) is 33.8 Å². The highest BCUT2D eigenvalue weighted by Gasteiger charge is 2.22. The minimum atomic E-state index is -0.375. The Labute approximate surface area is 144 Å². The average molecular weight is 342 g/mol. The van der Waals surface area contributed by atoms with Crippen molar-refractivity contribution in [1.82, 2.24) is 28.5 Å². The van der Waals surface area contributed by atoms with Crippen LogP contribution in [0.1, 0.15) is 25.2 Å². The standard InChI is InChI=1S/C17H22N6O2/c1-7-21-15(24)13-14(20(6)17(21)25)18-16(22(13)9-10(2)3)23-12(5)8-11(4)19-23/h8H,2,7,9H2,1,3-6H3. The first-order chi connectivity index (χ1) is 11.8. The number of aromatic nitrogens is 6. The lowest BCUT2D eigenvalue weighted by Gasteiger charge is -2.10. The van der Waals surface area contributed by atoms with E-state index in [2.05, 4.69) is 16.7 Å². The summed E-state index contributed by atoms with van der Waals surface area (Å²) < 4.78 is 6.10. The van der Waals surface area contributed by atoms with Crippen LogP contribution >= 0.6 is 0 Å². The van der Waals surface area contributed by atoms with Crippen LogP contribution in [-0.4, -0.2) is 28.5 Å². The normalized spacial score (nSPS) is 11.4. The van der Waals surface area contributed by atoms with E-state index >= 15 is 0 Å². The van der Waals surface area contributed by atoms with Crippen LogP contribution in [-0.2, 0) is 20.1 Å². The van der Waals surface area contributed by atoms with Crippen LogP contribution in [0.25, 0.3) is 17.1 Å². The van der Waals surface area contributed by atoms with E-state index in [0.29, 0.717) is 30.2 Å². The Kier molecular flexibility index (Phi) is 3.98. The molecule has 0 fully saturated rings. The lowest BCUT2D eigenvalue weighted by Crippen LogP contribution is -2.39. The maximum atomic E-state index is 12.9. The van der Waals surface area contributed by atoms with Crippen molar-refractivity contribution in [1.29, 1.82) is 0 Å². The Hall–Kier alpha value is -2.90. The van der Waals surface area contributed by atoms with Gasteiger partial charge >= 0.3 is 5.69 Å². The van der Waals surface area contributed by atoms with Gasteiger partial charge < -0.3 is 0 Å². The molecule has 0 radical (unpaired) electrons. The molecular formula is C17H22N6O2. The average Bonchev–Trinajstić information content (AvgIpc) is 3.05. The second-order valence-corrected chi connectivity index (χ2v) is 6.36. The first-order valence-electron chi connectivity index (χ1n) is 8.14. The zero-order valence-electron chi connectivity index (χ0n) is 15.2. The molecule has 3 rings (SSSR count). The molecule has 0 aliphatic heterocycles. The topological polar surface area (TPSA) is 79.6 Å². The summed E-state index contributed by atoms with van der Waals surface area (Å²) in [4.78, 5) is 29.9. The third-order valence-corrected chi connectivity index (χ3v) is 4.16. The van der Waals surface area contributed by atoms with E-state index in [0.717, 1.165) is 17.0 Å². The highest BCUT2D eigenvalue weighted by atomic mass is 16.2. The van der Waals surface area contributed by atoms with E-state index in [9.17, 15) is 9.59 Å². The van der Waals surface area contributed by atoms with Crippen molar-refractivity contribution >= 4 is 11.2 Å². The van der Waals surface area contributed by atoms with Crippen LogP contribution in [0, 0.1) is 13.8 Å². The minimum absolute atomic E-state index is 0.301. The molecular weight excluding hydrogens is 320 g/mol. The zero-order chi connectivity index (χ0) is 18.5. The highest BCUT2D eigenvalue weighted by molar-refractivity contribution is 5.72. The van der Waals surface area contributed by atoms with Crippen molar-refractivity contribution in [3.05, 3.63) is 50.4 Å². The largest absolute Gasteiger partial charge is 0.332 e. The van der Waals surface area contributed by atoms with Gasteiger partial charge in [-0.2, -0.15) is 10.1 Å². The van der Waals surface area contributed by atoms with Crippen LogP contribution in [0.2, 0.25) is 0 Å². The van der Waals surface area contributed by atoms with Gasteiger partial charge in [-0.3, -0.25) is 18.5 Å². The summed E-state index contributed by atoms with van der Waals surface area (Å²) in [5.74, 6) is 0.504. The number of fused-ring (bicyclic) bond motifs is 1. The fourth-order valence-corrected chi connectivity index (χ4v) is 3.05. The molecule has 0 saturated carbocycles. The molecule has 0 unspecified atom stereocenters. The molecule has 0 N–H and O–H groups in total. The molecule has 132 valence electrons. The zero-order valence-corrected chi connectivity index (χ0v) is 15.2. The van der Waals surface area contributed by atoms with Crippen LogP contribution < -0.4 is 11.2 Å². The number of imidazole rings is 1. The van der Waals surface area contributed by atoms with E-state index in [4.69, 9.17) is 0 Å². The quantitative estimate of drug-likeness (QED) is 0.669. The summed E-state index contributed by atoms with van der Waals surface area (Å²) in [6.45, 7) is 12.2. The Bertz CT molecular complexity index is 1110. The first-order valence-corrected chi connectivity index (χ1v) is 8.14. The van der Waals surface area contributed by atoms with Crippen LogP contribution in [0.5, 0.6) is 0 Å². The Morgan fingerprint density at radius 2 is 1.92 bits per heavy atom. The Morgan fingerprint density at radius 3 is 2.44 bits per heavy atom. The van der Waals surface area contributed by atoms with Crippen molar-refractivity contribution in [3.8, 4) is 5.95 Å². The van der Waals surface area contributed by atoms with E-state index in [-0.39, 0.29) is 11.2 Å². The summed E-state index contributed by atoms with van der Waals surface area (Å²) in [6.07, 6.45) is 0. The van der Waals surface area contributed by atoms with Crippen molar-refractivity contribution in [2.45, 2.75) is 40.8 Å². The molecule has 3 heterocycles. The number of aryl methyl sites for hydroxylation is 3. The molecule has 8 nitrogen and oxygen atoms in total. The summed E-state index contributed by atoms with van der Waals surface area (Å²) in [7, 11) is 1.62. The van der Waals surface area contributed by atoms with Gasteiger partial charge in [0.25, 0.3) is 5.56 Å². The SMILES string of the molecule is C=C(C)Cn1c(-n2nc(C)cc2C)nc2c1c(=O)n(CC)c(=O)n2C. The van der Waals surface area contributed by atoms with E-state index < -0.39 is 0 Å². The van der Waals surface area contributed by atoms with Crippen LogP contribution in [0.3, 0.4) is 0 Å². The molecule has 8 heteroatoms. The third-order valence-electron chi connectivity index (χ3n) is 4.16. The number of hydrogen-bond acceptors (Lipinski definition) is 4. The molecule has 25 heavy (non-hydrogen) atoms. The number of hydrogen-bond donors (Lipinski definition) is 0. The van der Waals surface area contributed by atoms with Crippen molar-refractivity contribution < 1.29 is 0 Å². The molecule has 0 aromatic carbocycles. The van der Waals surface area contributed by atoms with Gasteiger partial charge in [-0.1, -0.05) is 12.2 Å². The Balaban J connectivity index is 2.50. The highest BCUT2D eigenvalue weighted by Crippen LogP contribution is 2.18. The van der Waals surface area contributed by atoms with Gasteiger partial charge in [0.1, 0.15) is 0 Å². The molecule has 3 aromatic heterocycles. The smallest absolute Gasteiger partial charge is 0.298 e. The predicted octanol–water partition coefficient (Wildman–Crippen LogP) is 1.30. The third kappa shape index (κ3) is 2.54. The maximum absolute atomic E-state index is 12.9. The maximum Gasteiger partial charge on any atom is 0.332 e. The van der Waals surface area contributed by atoms with Gasteiger partial charge in [-0.15, -0.1) is 0 Å². The number of nitrogens with zero attached hydrogens (tertiary/aromatic N) is 6. The molecule has 0 bridgehead atoms. The monoisotopic (exact) mass is 342 g/mol. The van der Waals surface area contributed by atoms with Gasteiger partial charge in [0.05, 0.1) is 5.69 Å². The van der Waals surface area contributed by atoms with Gasteiger partial charge in [0.15, 0.2) is 11.2 Å². The predicted molar refractivity (Wildman–Crippen MR) is 96.3 cm³/mol. The second kappa shape index (κ2) is 5.87. The van der Waals surface area contributed by atoms with Crippen molar-refractivity contribution in [3.63, 3.8) is 0 Å². The lowest BCUT2D eigenvalue weighted by atomic mass is 10.3. The van der Waals surface area contributed by atoms with Gasteiger partial charge in [-0.25, -0.2) is 9.48 Å². The second-order valence-electron chi connectivity index (χ2n) is 6.36. The Morgan fingerprint density at radius 1 is 1.24 bits per heavy atom. The summed E-state index contributed by atoms with van der Waals surface area (Å²) in [5, 5.41) is 4.48. The minimum Gasteiger partial charge on any atom is -0.298 e. The van der Waals surface area contributed by atoms with E-state index in [1.165, 1.54) is 9.13 Å². The summed E-state index contributed by atoms with van der Waals surface area (Å²) in [5.41, 5.74) is 2.64. The van der Waals surface area contributed by atoms with E-state index in [1.807, 2.05) is 26.8 Å². The fourth-order valence-electron chi connectivity index (χ4n) is 3.05. The van der Waals surface area contributed by atoms with Gasteiger partial charge in [0, 0.05) is 25.8 Å². The molecule has 0 aliphatic carbocycles. The number of rotatable bonds is 4. The first kappa shape index (κ1) is 16.9. The summed E-state index contributed by atoms with van der Waals surface area (Å²) in [6, 6.07) is 1.94. The van der Waals surface area contributed by atoms with Gasteiger partial charge in [0.2, 0.25) is 5.95 Å². The molecule has 0 saturated heterocycles.